The predicted molar refractivity (Wildman–Crippen MR) is 157 cm³/mol. The first-order valence-corrected chi connectivity index (χ1v) is 14.5. The van der Waals surface area contributed by atoms with Crippen LogP contribution in [0.1, 0.15) is 33.4 Å². The molecule has 3 aromatic carbocycles. The summed E-state index contributed by atoms with van der Waals surface area (Å²) in [6, 6.07) is 28.2. The number of fused-ring (bicyclic) bond motifs is 1. The molecule has 0 radical (unpaired) electrons. The average Bonchev–Trinajstić information content (AvgIpc) is 3.34. The third-order valence-electron chi connectivity index (χ3n) is 7.53. The largest absolute Gasteiger partial charge is 0.433 e. The van der Waals surface area contributed by atoms with Gasteiger partial charge in [0.2, 0.25) is 0 Å². The molecule has 0 bridgehead atoms. The fourth-order valence-electron chi connectivity index (χ4n) is 5.49. The Morgan fingerprint density at radius 1 is 0.905 bits per heavy atom. The van der Waals surface area contributed by atoms with E-state index in [1.165, 1.54) is 16.0 Å². The number of nitrogens with zero attached hydrogens (tertiary/aromatic N) is 4. The lowest BCUT2D eigenvalue weighted by Crippen LogP contribution is -3.15. The Labute approximate surface area is 253 Å². The van der Waals surface area contributed by atoms with E-state index in [4.69, 9.17) is 11.6 Å². The molecule has 3 heterocycles. The van der Waals surface area contributed by atoms with Crippen molar-refractivity contribution in [2.45, 2.75) is 12.2 Å². The molecule has 0 saturated carbocycles. The van der Waals surface area contributed by atoms with E-state index in [1.54, 1.807) is 29.2 Å². The van der Waals surface area contributed by atoms with Crippen molar-refractivity contribution in [3.8, 4) is 11.3 Å². The number of benzene rings is 3. The second kappa shape index (κ2) is 11.5. The monoisotopic (exact) mass is 654 g/mol. The standard InChI is InChI=1S/C31H24BrClF3N5O/c32-23-13-11-20(12-14-23)24-19-25(31(34,35)36)41-29(37-24)26(33)27(38-41)30(42)40-17-15-39(16-18-40)28(21-7-3-1-4-8-21)22-9-5-2-6-10-22/h1-14,19,28H,15-18H2/p+1. The summed E-state index contributed by atoms with van der Waals surface area (Å²) >= 11 is 9.87. The van der Waals surface area contributed by atoms with Crippen molar-refractivity contribution < 1.29 is 22.9 Å². The molecule has 42 heavy (non-hydrogen) atoms. The van der Waals surface area contributed by atoms with Gasteiger partial charge >= 0.3 is 6.18 Å². The molecular formula is C31H25BrClF3N5O+. The molecule has 1 aliphatic rings. The van der Waals surface area contributed by atoms with Crippen LogP contribution >= 0.6 is 27.5 Å². The summed E-state index contributed by atoms with van der Waals surface area (Å²) in [7, 11) is 0. The van der Waals surface area contributed by atoms with Crippen LogP contribution in [0.4, 0.5) is 13.2 Å². The van der Waals surface area contributed by atoms with E-state index < -0.39 is 17.8 Å². The number of amides is 1. The van der Waals surface area contributed by atoms with Gasteiger partial charge in [0.05, 0.1) is 31.9 Å². The van der Waals surface area contributed by atoms with Crippen LogP contribution in [0.25, 0.3) is 16.9 Å². The zero-order valence-electron chi connectivity index (χ0n) is 22.2. The molecule has 6 rings (SSSR count). The second-order valence-corrected chi connectivity index (χ2v) is 11.4. The van der Waals surface area contributed by atoms with Gasteiger partial charge in [-0.3, -0.25) is 4.79 Å². The Kier molecular flexibility index (Phi) is 7.78. The van der Waals surface area contributed by atoms with E-state index in [1.807, 2.05) is 36.4 Å². The lowest BCUT2D eigenvalue weighted by atomic mass is 9.96. The minimum atomic E-state index is -4.75. The summed E-state index contributed by atoms with van der Waals surface area (Å²) in [6.45, 7) is 2.09. The van der Waals surface area contributed by atoms with Crippen LogP contribution in [0.3, 0.4) is 0 Å². The van der Waals surface area contributed by atoms with Crippen LogP contribution in [0, 0.1) is 0 Å². The maximum Gasteiger partial charge on any atom is 0.433 e. The number of carbonyl (C=O) groups excluding carboxylic acids is 1. The van der Waals surface area contributed by atoms with E-state index in [0.717, 1.165) is 10.5 Å². The highest BCUT2D eigenvalue weighted by atomic mass is 79.9. The summed E-state index contributed by atoms with van der Waals surface area (Å²) in [5.74, 6) is -0.515. The third kappa shape index (κ3) is 5.54. The summed E-state index contributed by atoms with van der Waals surface area (Å²) in [5.41, 5.74) is 1.38. The van der Waals surface area contributed by atoms with Gasteiger partial charge in [0.1, 0.15) is 11.1 Å². The zero-order chi connectivity index (χ0) is 29.4. The topological polar surface area (TPSA) is 54.9 Å². The highest BCUT2D eigenvalue weighted by Gasteiger charge is 2.38. The molecule has 1 saturated heterocycles. The van der Waals surface area contributed by atoms with Crippen LogP contribution in [0.2, 0.25) is 5.02 Å². The van der Waals surface area contributed by atoms with Gasteiger partial charge in [-0.05, 0) is 18.2 Å². The maximum absolute atomic E-state index is 14.1. The molecule has 214 valence electrons. The van der Waals surface area contributed by atoms with Crippen LogP contribution in [0.5, 0.6) is 0 Å². The number of piperazine rings is 1. The van der Waals surface area contributed by atoms with E-state index >= 15 is 0 Å². The van der Waals surface area contributed by atoms with Crippen molar-refractivity contribution >= 4 is 39.1 Å². The molecule has 1 fully saturated rings. The van der Waals surface area contributed by atoms with E-state index in [-0.39, 0.29) is 28.1 Å². The highest BCUT2D eigenvalue weighted by Crippen LogP contribution is 2.35. The molecule has 0 aliphatic carbocycles. The van der Waals surface area contributed by atoms with E-state index in [9.17, 15) is 18.0 Å². The third-order valence-corrected chi connectivity index (χ3v) is 8.41. The van der Waals surface area contributed by atoms with Crippen LogP contribution < -0.4 is 4.90 Å². The predicted octanol–water partition coefficient (Wildman–Crippen LogP) is 5.96. The number of halogens is 5. The number of carbonyl (C=O) groups is 1. The van der Waals surface area contributed by atoms with Gasteiger partial charge in [0.15, 0.2) is 17.0 Å². The minimum Gasteiger partial charge on any atom is -0.326 e. The molecule has 1 N–H and O–H groups in total. The van der Waals surface area contributed by atoms with Crippen LogP contribution in [0.15, 0.2) is 95.5 Å². The van der Waals surface area contributed by atoms with Crippen molar-refractivity contribution in [3.05, 3.63) is 123 Å². The van der Waals surface area contributed by atoms with Crippen LogP contribution in [-0.2, 0) is 6.18 Å². The van der Waals surface area contributed by atoms with Gasteiger partial charge in [-0.15, -0.1) is 0 Å². The van der Waals surface area contributed by atoms with Crippen molar-refractivity contribution in [2.75, 3.05) is 26.2 Å². The quantitative estimate of drug-likeness (QED) is 0.254. The van der Waals surface area contributed by atoms with Gasteiger partial charge < -0.3 is 9.80 Å². The Morgan fingerprint density at radius 2 is 1.48 bits per heavy atom. The SMILES string of the molecule is O=C(c1nn2c(C(F)(F)F)cc(-c3ccc(Br)cc3)nc2c1Cl)N1CC[NH+](C(c2ccccc2)c2ccccc2)CC1. The average molecular weight is 656 g/mol. The van der Waals surface area contributed by atoms with Crippen molar-refractivity contribution in [1.82, 2.24) is 19.5 Å². The lowest BCUT2D eigenvalue weighted by Gasteiger charge is -2.36. The first-order chi connectivity index (χ1) is 20.2. The number of alkyl halides is 3. The Hall–Kier alpha value is -3.73. The fourth-order valence-corrected chi connectivity index (χ4v) is 5.99. The van der Waals surface area contributed by atoms with Gasteiger partial charge in [0.25, 0.3) is 5.91 Å². The Bertz CT molecular complexity index is 1680. The first-order valence-electron chi connectivity index (χ1n) is 13.4. The number of hydrogen-bond donors (Lipinski definition) is 1. The van der Waals surface area contributed by atoms with Crippen molar-refractivity contribution in [3.63, 3.8) is 0 Å². The molecular weight excluding hydrogens is 631 g/mol. The second-order valence-electron chi connectivity index (χ2n) is 10.1. The maximum atomic E-state index is 14.1. The summed E-state index contributed by atoms with van der Waals surface area (Å²) < 4.78 is 43.8. The molecule has 2 aromatic heterocycles. The zero-order valence-corrected chi connectivity index (χ0v) is 24.5. The smallest absolute Gasteiger partial charge is 0.326 e. The Balaban J connectivity index is 1.29. The first kappa shape index (κ1) is 28.4. The molecule has 0 unspecified atom stereocenters. The molecule has 1 amide bonds. The van der Waals surface area contributed by atoms with Gasteiger partial charge in [-0.2, -0.15) is 18.3 Å². The molecule has 11 heteroatoms. The number of nitrogens with one attached hydrogen (secondary N) is 1. The van der Waals surface area contributed by atoms with Gasteiger partial charge in [-0.1, -0.05) is 100 Å². The normalized spacial score (nSPS) is 14.6. The van der Waals surface area contributed by atoms with E-state index in [0.29, 0.717) is 36.3 Å². The summed E-state index contributed by atoms with van der Waals surface area (Å²) in [5, 5.41) is 3.85. The van der Waals surface area contributed by atoms with Crippen molar-refractivity contribution in [2.24, 2.45) is 0 Å². The molecule has 6 nitrogen and oxygen atoms in total. The fraction of sp³-hybridized carbons (Fsp3) is 0.194. The van der Waals surface area contributed by atoms with Crippen LogP contribution in [-0.4, -0.2) is 51.6 Å². The Morgan fingerprint density at radius 3 is 2.02 bits per heavy atom. The summed E-state index contributed by atoms with van der Waals surface area (Å²) in [4.78, 5) is 20.9. The molecule has 0 spiro atoms. The lowest BCUT2D eigenvalue weighted by molar-refractivity contribution is -0.929. The highest BCUT2D eigenvalue weighted by molar-refractivity contribution is 9.10. The van der Waals surface area contributed by atoms with Gasteiger partial charge in [-0.25, -0.2) is 9.50 Å². The van der Waals surface area contributed by atoms with E-state index in [2.05, 4.69) is 50.3 Å². The summed E-state index contributed by atoms with van der Waals surface area (Å²) in [6.07, 6.45) is -4.75. The number of hydrogen-bond acceptors (Lipinski definition) is 3. The minimum absolute atomic E-state index is 0.0770. The number of rotatable bonds is 5. The number of aromatic nitrogens is 3. The van der Waals surface area contributed by atoms with Gasteiger partial charge in [0, 0.05) is 21.2 Å². The molecule has 0 atom stereocenters. The number of quaternary nitrogens is 1. The molecule has 1 aliphatic heterocycles. The molecule has 5 aromatic rings. The van der Waals surface area contributed by atoms with Crippen molar-refractivity contribution in [1.29, 1.82) is 0 Å².